The van der Waals surface area contributed by atoms with E-state index in [2.05, 4.69) is 9.98 Å². The fourth-order valence-corrected chi connectivity index (χ4v) is 3.60. The van der Waals surface area contributed by atoms with Crippen LogP contribution in [-0.2, 0) is 16.1 Å². The normalized spacial score (nSPS) is 13.5. The van der Waals surface area contributed by atoms with Crippen LogP contribution in [0.5, 0.6) is 5.75 Å². The Labute approximate surface area is 203 Å². The second-order valence-electron chi connectivity index (χ2n) is 8.80. The van der Waals surface area contributed by atoms with Crippen LogP contribution in [0.25, 0.3) is 0 Å². The van der Waals surface area contributed by atoms with Crippen LogP contribution in [0.1, 0.15) is 44.9 Å². The Bertz CT molecular complexity index is 1350. The lowest BCUT2D eigenvalue weighted by atomic mass is 10.0. The van der Waals surface area contributed by atoms with Gasteiger partial charge in [0.25, 0.3) is 0 Å². The van der Waals surface area contributed by atoms with Crippen molar-refractivity contribution in [1.29, 1.82) is 0 Å². The minimum absolute atomic E-state index is 0.0350. The van der Waals surface area contributed by atoms with Crippen molar-refractivity contribution in [3.8, 4) is 5.75 Å². The summed E-state index contributed by atoms with van der Waals surface area (Å²) in [4.78, 5) is 45.9. The summed E-state index contributed by atoms with van der Waals surface area (Å²) in [5.41, 5.74) is 1.37. The first-order valence-electron chi connectivity index (χ1n) is 11.5. The fraction of sp³-hybridized carbons (Fsp3) is 0.385. The lowest BCUT2D eigenvalue weighted by Gasteiger charge is -2.20. The fourth-order valence-electron chi connectivity index (χ4n) is 3.60. The molecule has 0 bridgehead atoms. The molecule has 0 aliphatic heterocycles. The lowest BCUT2D eigenvalue weighted by molar-refractivity contribution is -0.146. The van der Waals surface area contributed by atoms with E-state index in [9.17, 15) is 14.4 Å². The number of aromatic nitrogens is 3. The largest absolute Gasteiger partial charge is 0.491 e. The molecular weight excluding hydrogens is 448 g/mol. The van der Waals surface area contributed by atoms with E-state index in [0.717, 1.165) is 15.7 Å². The first kappa shape index (κ1) is 25.7. The topological polar surface area (TPSA) is 108 Å². The van der Waals surface area contributed by atoms with E-state index in [0.29, 0.717) is 11.4 Å². The summed E-state index contributed by atoms with van der Waals surface area (Å²) >= 11 is 0. The molecule has 9 nitrogen and oxygen atoms in total. The van der Waals surface area contributed by atoms with Crippen LogP contribution in [0.3, 0.4) is 0 Å². The molecule has 0 saturated heterocycles. The number of nitrogens with zero attached hydrogens (tertiary/aromatic N) is 3. The Morgan fingerprint density at radius 2 is 1.63 bits per heavy atom. The highest BCUT2D eigenvalue weighted by molar-refractivity contribution is 5.72. The second kappa shape index (κ2) is 11.0. The van der Waals surface area contributed by atoms with Gasteiger partial charge in [0.05, 0.1) is 37.4 Å². The van der Waals surface area contributed by atoms with E-state index >= 15 is 0 Å². The summed E-state index contributed by atoms with van der Waals surface area (Å²) < 4.78 is 12.9. The molecule has 3 aromatic rings. The molecule has 0 spiro atoms. The summed E-state index contributed by atoms with van der Waals surface area (Å²) in [5.74, 6) is -0.518. The molecule has 2 aromatic carbocycles. The smallest absolute Gasteiger partial charge is 0.335 e. The Morgan fingerprint density at radius 3 is 2.20 bits per heavy atom. The molecule has 0 saturated carbocycles. The number of ether oxygens (including phenoxy) is 2. The van der Waals surface area contributed by atoms with Gasteiger partial charge in [0, 0.05) is 0 Å². The van der Waals surface area contributed by atoms with Crippen molar-refractivity contribution in [3.05, 3.63) is 86.2 Å². The molecule has 0 fully saturated rings. The van der Waals surface area contributed by atoms with Crippen molar-refractivity contribution >= 4 is 11.7 Å². The Morgan fingerprint density at radius 1 is 1.00 bits per heavy atom. The first-order chi connectivity index (χ1) is 16.6. The predicted molar refractivity (Wildman–Crippen MR) is 133 cm³/mol. The third kappa shape index (κ3) is 6.17. The van der Waals surface area contributed by atoms with Crippen LogP contribution in [0, 0.1) is 12.8 Å². The van der Waals surface area contributed by atoms with Crippen molar-refractivity contribution < 1.29 is 14.3 Å². The maximum Gasteiger partial charge on any atom is 0.335 e. The van der Waals surface area contributed by atoms with E-state index in [4.69, 9.17) is 9.47 Å². The molecule has 0 radical (unpaired) electrons. The number of aromatic amines is 1. The van der Waals surface area contributed by atoms with Crippen molar-refractivity contribution in [1.82, 2.24) is 14.1 Å². The molecule has 35 heavy (non-hydrogen) atoms. The van der Waals surface area contributed by atoms with Gasteiger partial charge in [-0.05, 0) is 64.4 Å². The third-order valence-electron chi connectivity index (χ3n) is 5.74. The number of methoxy groups -OCH3 is 1. The van der Waals surface area contributed by atoms with E-state index in [1.165, 1.54) is 11.7 Å². The van der Waals surface area contributed by atoms with Gasteiger partial charge in [-0.25, -0.2) is 19.1 Å². The van der Waals surface area contributed by atoms with Crippen LogP contribution < -0.4 is 21.7 Å². The third-order valence-corrected chi connectivity index (χ3v) is 5.74. The van der Waals surface area contributed by atoms with Gasteiger partial charge in [0.15, 0.2) is 0 Å². The average Bonchev–Trinajstić information content (AvgIpc) is 2.82. The van der Waals surface area contributed by atoms with Crippen LogP contribution >= 0.6 is 0 Å². The summed E-state index contributed by atoms with van der Waals surface area (Å²) in [6.07, 6.45) is 0.0350. The Balaban J connectivity index is 2.16. The first-order valence-corrected chi connectivity index (χ1v) is 11.5. The summed E-state index contributed by atoms with van der Waals surface area (Å²) in [6.45, 7) is 9.29. The lowest BCUT2D eigenvalue weighted by Crippen LogP contribution is -2.52. The van der Waals surface area contributed by atoms with Crippen molar-refractivity contribution in [2.75, 3.05) is 7.11 Å². The molecule has 0 aliphatic rings. The van der Waals surface area contributed by atoms with Crippen LogP contribution in [-0.4, -0.2) is 33.3 Å². The molecule has 0 amide bonds. The maximum absolute atomic E-state index is 13.6. The van der Waals surface area contributed by atoms with Gasteiger partial charge in [-0.3, -0.25) is 14.3 Å². The van der Waals surface area contributed by atoms with Crippen molar-refractivity contribution in [2.24, 2.45) is 10.9 Å². The summed E-state index contributed by atoms with van der Waals surface area (Å²) in [6, 6.07) is 14.1. The second-order valence-corrected chi connectivity index (χ2v) is 8.80. The quantitative estimate of drug-likeness (QED) is 0.499. The standard InChI is InChI=1S/C26H32N4O5/c1-16(2)35-22-13-11-21(12-14-22)27-24-28-25(32)30(19(5)18(4)23(31)34-6)26(33)29(24)15-20-9-7-17(3)8-10-20/h7-14,16,18-19H,15H2,1-6H3,(H,27,28,32)/t18-,19+/m0/s1. The SMILES string of the molecule is COC(=O)[C@@H](C)[C@@H](C)n1c(=O)[nH]/c(=N\c2ccc(OC(C)C)cc2)n(Cc2ccc(C)cc2)c1=O. The van der Waals surface area contributed by atoms with Crippen molar-refractivity contribution in [2.45, 2.75) is 53.3 Å². The molecule has 3 rings (SSSR count). The van der Waals surface area contributed by atoms with Crippen molar-refractivity contribution in [3.63, 3.8) is 0 Å². The number of esters is 1. The van der Waals surface area contributed by atoms with E-state index in [1.807, 2.05) is 45.0 Å². The molecule has 0 unspecified atom stereocenters. The molecular formula is C26H32N4O5. The highest BCUT2D eigenvalue weighted by Crippen LogP contribution is 2.19. The zero-order valence-electron chi connectivity index (χ0n) is 20.9. The maximum atomic E-state index is 13.6. The molecule has 186 valence electrons. The minimum atomic E-state index is -0.732. The van der Waals surface area contributed by atoms with Gasteiger partial charge in [-0.2, -0.15) is 0 Å². The van der Waals surface area contributed by atoms with E-state index < -0.39 is 29.3 Å². The zero-order valence-corrected chi connectivity index (χ0v) is 20.9. The monoisotopic (exact) mass is 480 g/mol. The molecule has 1 aromatic heterocycles. The average molecular weight is 481 g/mol. The van der Waals surface area contributed by atoms with Gasteiger partial charge < -0.3 is 9.47 Å². The molecule has 1 N–H and O–H groups in total. The van der Waals surface area contributed by atoms with Gasteiger partial charge in [-0.15, -0.1) is 0 Å². The Hall–Kier alpha value is -3.88. The number of hydrogen-bond acceptors (Lipinski definition) is 6. The highest BCUT2D eigenvalue weighted by Gasteiger charge is 2.26. The number of hydrogen-bond donors (Lipinski definition) is 1. The highest BCUT2D eigenvalue weighted by atomic mass is 16.5. The number of aryl methyl sites for hydroxylation is 1. The van der Waals surface area contributed by atoms with Crippen LogP contribution in [0.15, 0.2) is 63.1 Å². The minimum Gasteiger partial charge on any atom is -0.491 e. The number of rotatable bonds is 8. The molecule has 0 aliphatic carbocycles. The number of H-pyrrole nitrogens is 1. The van der Waals surface area contributed by atoms with Gasteiger partial charge >= 0.3 is 17.3 Å². The van der Waals surface area contributed by atoms with Crippen LogP contribution in [0.2, 0.25) is 0 Å². The summed E-state index contributed by atoms with van der Waals surface area (Å²) in [5, 5.41) is 0. The zero-order chi connectivity index (χ0) is 25.7. The number of carbonyl (C=O) groups is 1. The number of nitrogens with one attached hydrogen (secondary N) is 1. The van der Waals surface area contributed by atoms with E-state index in [1.54, 1.807) is 38.1 Å². The Kier molecular flexibility index (Phi) is 8.11. The van der Waals surface area contributed by atoms with E-state index in [-0.39, 0.29) is 18.3 Å². The van der Waals surface area contributed by atoms with Gasteiger partial charge in [0.2, 0.25) is 5.62 Å². The van der Waals surface area contributed by atoms with Crippen LogP contribution in [0.4, 0.5) is 5.69 Å². The molecule has 9 heteroatoms. The molecule has 1 heterocycles. The van der Waals surface area contributed by atoms with Gasteiger partial charge in [0.1, 0.15) is 5.75 Å². The number of benzene rings is 2. The summed E-state index contributed by atoms with van der Waals surface area (Å²) in [7, 11) is 1.27. The molecule has 2 atom stereocenters. The predicted octanol–water partition coefficient (Wildman–Crippen LogP) is 3.08. The van der Waals surface area contributed by atoms with Gasteiger partial charge in [-0.1, -0.05) is 29.8 Å². The number of carbonyl (C=O) groups excluding carboxylic acids is 1.